The van der Waals surface area contributed by atoms with Gasteiger partial charge in [0.05, 0.1) is 0 Å². The van der Waals surface area contributed by atoms with Crippen molar-refractivity contribution in [3.05, 3.63) is 29.6 Å². The molecule has 1 saturated heterocycles. The highest BCUT2D eigenvalue weighted by Gasteiger charge is 2.37. The Morgan fingerprint density at radius 2 is 2.00 bits per heavy atom. The summed E-state index contributed by atoms with van der Waals surface area (Å²) in [5.74, 6) is 0. The van der Waals surface area contributed by atoms with Crippen LogP contribution in [0.2, 0.25) is 0 Å². The second-order valence-electron chi connectivity index (χ2n) is 7.10. The third-order valence-electron chi connectivity index (χ3n) is 3.80. The smallest absolute Gasteiger partial charge is 0.410 e. The number of rotatable bonds is 2. The number of nitrogens with zero attached hydrogens (tertiary/aromatic N) is 2. The highest BCUT2D eigenvalue weighted by molar-refractivity contribution is 5.68. The predicted molar refractivity (Wildman–Crippen MR) is 83.6 cm³/mol. The van der Waals surface area contributed by atoms with Crippen LogP contribution in [0.4, 0.5) is 9.18 Å². The van der Waals surface area contributed by atoms with Crippen molar-refractivity contribution in [2.45, 2.75) is 58.2 Å². The molecule has 2 heterocycles. The molecule has 0 aliphatic carbocycles. The topological polar surface area (TPSA) is 42.4 Å². The molecule has 0 radical (unpaired) electrons. The lowest BCUT2D eigenvalue weighted by molar-refractivity contribution is 0.00338. The first-order valence-corrected chi connectivity index (χ1v) is 7.75. The first-order valence-electron chi connectivity index (χ1n) is 7.75. The maximum Gasteiger partial charge on any atom is 0.410 e. The van der Waals surface area contributed by atoms with Crippen molar-refractivity contribution in [1.29, 1.82) is 0 Å². The lowest BCUT2D eigenvalue weighted by Gasteiger charge is -2.37. The summed E-state index contributed by atoms with van der Waals surface area (Å²) >= 11 is 0. The zero-order valence-electron chi connectivity index (χ0n) is 13.9. The van der Waals surface area contributed by atoms with Crippen LogP contribution < -0.4 is 0 Å². The van der Waals surface area contributed by atoms with Gasteiger partial charge in [0.1, 0.15) is 11.3 Å². The largest absolute Gasteiger partial charge is 0.444 e. The monoisotopic (exact) mass is 308 g/mol. The minimum Gasteiger partial charge on any atom is -0.444 e. The molecule has 122 valence electrons. The number of aryl methyl sites for hydroxylation is 1. The quantitative estimate of drug-likeness (QED) is 0.837. The fourth-order valence-electron chi connectivity index (χ4n) is 2.56. The van der Waals surface area contributed by atoms with E-state index in [1.165, 1.54) is 0 Å². The van der Waals surface area contributed by atoms with E-state index in [2.05, 4.69) is 4.98 Å². The Morgan fingerprint density at radius 3 is 2.50 bits per heavy atom. The van der Waals surface area contributed by atoms with E-state index in [-0.39, 0.29) is 6.09 Å². The van der Waals surface area contributed by atoms with Crippen molar-refractivity contribution in [1.82, 2.24) is 9.88 Å². The summed E-state index contributed by atoms with van der Waals surface area (Å²) in [4.78, 5) is 17.8. The summed E-state index contributed by atoms with van der Waals surface area (Å²) < 4.78 is 20.3. The van der Waals surface area contributed by atoms with E-state index in [1.807, 2.05) is 39.8 Å². The number of piperidine rings is 1. The Hall–Kier alpha value is -1.65. The molecule has 22 heavy (non-hydrogen) atoms. The predicted octanol–water partition coefficient (Wildman–Crippen LogP) is 3.67. The van der Waals surface area contributed by atoms with Crippen molar-refractivity contribution in [2.75, 3.05) is 13.1 Å². The van der Waals surface area contributed by atoms with Crippen LogP contribution in [0.3, 0.4) is 0 Å². The number of hydrogen-bond acceptors (Lipinski definition) is 3. The molecule has 0 aromatic carbocycles. The van der Waals surface area contributed by atoms with Gasteiger partial charge in [-0.2, -0.15) is 0 Å². The molecule has 0 atom stereocenters. The maximum atomic E-state index is 14.9. The molecule has 1 fully saturated rings. The van der Waals surface area contributed by atoms with Crippen molar-refractivity contribution in [3.8, 4) is 0 Å². The zero-order valence-corrected chi connectivity index (χ0v) is 13.9. The van der Waals surface area contributed by atoms with Crippen LogP contribution >= 0.6 is 0 Å². The first-order chi connectivity index (χ1) is 10.2. The molecule has 0 N–H and O–H groups in total. The number of alkyl halides is 1. The molecule has 0 saturated carbocycles. The number of ether oxygens (including phenoxy) is 1. The molecule has 0 bridgehead atoms. The third-order valence-corrected chi connectivity index (χ3v) is 3.80. The molecule has 1 aromatic heterocycles. The number of halogens is 1. The molecule has 0 spiro atoms. The van der Waals surface area contributed by atoms with Gasteiger partial charge in [-0.05, 0) is 52.2 Å². The summed E-state index contributed by atoms with van der Waals surface area (Å²) in [7, 11) is 0. The molecular formula is C17H25FN2O2. The first kappa shape index (κ1) is 16.7. The summed E-state index contributed by atoms with van der Waals surface area (Å²) in [6, 6.07) is 3.82. The van der Waals surface area contributed by atoms with E-state index >= 15 is 0 Å². The third kappa shape index (κ3) is 4.68. The second-order valence-corrected chi connectivity index (χ2v) is 7.10. The molecule has 4 nitrogen and oxygen atoms in total. The van der Waals surface area contributed by atoms with E-state index in [4.69, 9.17) is 4.74 Å². The van der Waals surface area contributed by atoms with Crippen molar-refractivity contribution in [2.24, 2.45) is 0 Å². The number of aromatic nitrogens is 1. The summed E-state index contributed by atoms with van der Waals surface area (Å²) in [6.45, 7) is 8.19. The fraction of sp³-hybridized carbons (Fsp3) is 0.647. The van der Waals surface area contributed by atoms with Gasteiger partial charge in [0, 0.05) is 31.4 Å². The average molecular weight is 308 g/mol. The Kier molecular flexibility index (Phi) is 4.73. The normalized spacial score (nSPS) is 18.1. The number of amides is 1. The van der Waals surface area contributed by atoms with E-state index < -0.39 is 11.3 Å². The van der Waals surface area contributed by atoms with Gasteiger partial charge in [0.2, 0.25) is 0 Å². The summed E-state index contributed by atoms with van der Waals surface area (Å²) in [5.41, 5.74) is 0.0416. The number of likely N-dealkylation sites (tertiary alicyclic amines) is 1. The highest BCUT2D eigenvalue weighted by Crippen LogP contribution is 2.31. The van der Waals surface area contributed by atoms with Gasteiger partial charge >= 0.3 is 6.09 Å². The molecule has 1 aromatic rings. The molecular weight excluding hydrogens is 283 g/mol. The van der Waals surface area contributed by atoms with Gasteiger partial charge in [-0.15, -0.1) is 0 Å². The van der Waals surface area contributed by atoms with E-state index in [0.29, 0.717) is 32.4 Å². The average Bonchev–Trinajstić information content (AvgIpc) is 2.40. The van der Waals surface area contributed by atoms with Crippen LogP contribution in [0, 0.1) is 6.92 Å². The van der Waals surface area contributed by atoms with Crippen molar-refractivity contribution >= 4 is 6.09 Å². The molecule has 1 aliphatic heterocycles. The van der Waals surface area contributed by atoms with E-state index in [0.717, 1.165) is 11.3 Å². The molecule has 5 heteroatoms. The minimum absolute atomic E-state index is 0.333. The van der Waals surface area contributed by atoms with Gasteiger partial charge in [-0.3, -0.25) is 4.98 Å². The second kappa shape index (κ2) is 6.23. The van der Waals surface area contributed by atoms with Gasteiger partial charge in [-0.1, -0.05) is 6.07 Å². The van der Waals surface area contributed by atoms with Crippen LogP contribution in [0.25, 0.3) is 0 Å². The zero-order chi connectivity index (χ0) is 16.4. The SMILES string of the molecule is Cc1ccc(CC2(F)CCN(C(=O)OC(C)(C)C)CC2)cn1. The molecule has 1 aliphatic rings. The van der Waals surface area contributed by atoms with Crippen LogP contribution in [-0.2, 0) is 11.2 Å². The molecule has 2 rings (SSSR count). The van der Waals surface area contributed by atoms with Gasteiger partial charge in [0.15, 0.2) is 0 Å². The minimum atomic E-state index is -1.27. The summed E-state index contributed by atoms with van der Waals surface area (Å²) in [5, 5.41) is 0. The van der Waals surface area contributed by atoms with Crippen molar-refractivity contribution in [3.63, 3.8) is 0 Å². The van der Waals surface area contributed by atoms with Crippen LogP contribution in [0.5, 0.6) is 0 Å². The molecule has 0 unspecified atom stereocenters. The molecule has 1 amide bonds. The van der Waals surface area contributed by atoms with Gasteiger partial charge < -0.3 is 9.64 Å². The van der Waals surface area contributed by atoms with Gasteiger partial charge in [-0.25, -0.2) is 9.18 Å². The number of carbonyl (C=O) groups excluding carboxylic acids is 1. The van der Waals surface area contributed by atoms with E-state index in [1.54, 1.807) is 11.1 Å². The Morgan fingerprint density at radius 1 is 1.36 bits per heavy atom. The highest BCUT2D eigenvalue weighted by atomic mass is 19.1. The Bertz CT molecular complexity index is 514. The fourth-order valence-corrected chi connectivity index (χ4v) is 2.56. The lowest BCUT2D eigenvalue weighted by atomic mass is 9.87. The van der Waals surface area contributed by atoms with Crippen LogP contribution in [0.15, 0.2) is 18.3 Å². The maximum absolute atomic E-state index is 14.9. The van der Waals surface area contributed by atoms with E-state index in [9.17, 15) is 9.18 Å². The van der Waals surface area contributed by atoms with Gasteiger partial charge in [0.25, 0.3) is 0 Å². The lowest BCUT2D eigenvalue weighted by Crippen LogP contribution is -2.47. The number of hydrogen-bond donors (Lipinski definition) is 0. The standard InChI is InChI=1S/C17H25FN2O2/c1-13-5-6-14(12-19-13)11-17(18)7-9-20(10-8-17)15(21)22-16(2,3)4/h5-6,12H,7-11H2,1-4H3. The Labute approximate surface area is 131 Å². The Balaban J connectivity index is 1.90. The van der Waals surface area contributed by atoms with Crippen LogP contribution in [-0.4, -0.2) is 40.3 Å². The van der Waals surface area contributed by atoms with Crippen molar-refractivity contribution < 1.29 is 13.9 Å². The summed E-state index contributed by atoms with van der Waals surface area (Å²) in [6.07, 6.45) is 2.39. The van der Waals surface area contributed by atoms with Crippen LogP contribution in [0.1, 0.15) is 44.9 Å². The number of pyridine rings is 1. The number of carbonyl (C=O) groups is 1.